The highest BCUT2D eigenvalue weighted by Gasteiger charge is 2.24. The van der Waals surface area contributed by atoms with Gasteiger partial charge in [0.25, 0.3) is 5.91 Å². The highest BCUT2D eigenvalue weighted by Crippen LogP contribution is 2.19. The van der Waals surface area contributed by atoms with Gasteiger partial charge in [0, 0.05) is 38.8 Å². The first-order valence-electron chi connectivity index (χ1n) is 11.2. The number of nitrogens with zero attached hydrogens (tertiary/aromatic N) is 3. The van der Waals surface area contributed by atoms with Gasteiger partial charge in [-0.1, -0.05) is 24.3 Å². The third-order valence-electron chi connectivity index (χ3n) is 6.54. The van der Waals surface area contributed by atoms with Gasteiger partial charge < -0.3 is 14.4 Å². The number of aromatic nitrogens is 1. The lowest BCUT2D eigenvalue weighted by Crippen LogP contribution is -2.41. The maximum Gasteiger partial charge on any atom is 0.259 e. The molecule has 0 spiro atoms. The molecule has 1 amide bonds. The van der Waals surface area contributed by atoms with E-state index in [1.807, 2.05) is 41.9 Å². The van der Waals surface area contributed by atoms with Gasteiger partial charge in [-0.3, -0.25) is 9.59 Å². The second-order valence-electron chi connectivity index (χ2n) is 8.85. The number of carbonyl (C=O) groups excluding carboxylic acids is 1. The normalized spacial score (nSPS) is 15.2. The van der Waals surface area contributed by atoms with E-state index in [0.29, 0.717) is 17.8 Å². The molecule has 0 atom stereocenters. The Balaban J connectivity index is 1.32. The van der Waals surface area contributed by atoms with Crippen LogP contribution in [-0.4, -0.2) is 53.5 Å². The Labute approximate surface area is 188 Å². The number of rotatable bonds is 6. The Kier molecular flexibility index (Phi) is 6.70. The number of halogens is 1. The standard InChI is InChI=1S/C26H30FN3O2/c1-28-18-23(25(31)22-5-3-4-6-24(22)28)26(32)29(2)17-20-12-15-30(16-13-20)14-11-19-7-9-21(27)10-8-19/h3-10,18,20H,11-17H2,1-2H3. The SMILES string of the molecule is CN(CC1CCN(CCc2ccc(F)cc2)CC1)C(=O)c1cn(C)c2ccccc2c1=O. The number of likely N-dealkylation sites (tertiary alicyclic amines) is 1. The van der Waals surface area contributed by atoms with Gasteiger partial charge in [-0.15, -0.1) is 0 Å². The third kappa shape index (κ3) is 4.91. The molecule has 1 saturated heterocycles. The molecule has 0 N–H and O–H groups in total. The smallest absolute Gasteiger partial charge is 0.259 e. The molecule has 1 aliphatic rings. The van der Waals surface area contributed by atoms with Gasteiger partial charge in [0.15, 0.2) is 0 Å². The average molecular weight is 436 g/mol. The van der Waals surface area contributed by atoms with Gasteiger partial charge in [-0.05, 0) is 68.1 Å². The predicted octanol–water partition coefficient (Wildman–Crippen LogP) is 3.70. The zero-order valence-corrected chi connectivity index (χ0v) is 18.8. The largest absolute Gasteiger partial charge is 0.350 e. The zero-order valence-electron chi connectivity index (χ0n) is 18.8. The van der Waals surface area contributed by atoms with Crippen molar-refractivity contribution >= 4 is 16.8 Å². The number of piperidine rings is 1. The molecular formula is C26H30FN3O2. The fourth-order valence-corrected chi connectivity index (χ4v) is 4.60. The lowest BCUT2D eigenvalue weighted by Gasteiger charge is -2.34. The van der Waals surface area contributed by atoms with Gasteiger partial charge in [0.1, 0.15) is 11.4 Å². The van der Waals surface area contributed by atoms with Crippen LogP contribution < -0.4 is 5.43 Å². The van der Waals surface area contributed by atoms with Crippen LogP contribution in [0.3, 0.4) is 0 Å². The van der Waals surface area contributed by atoms with Crippen molar-refractivity contribution in [1.29, 1.82) is 0 Å². The molecule has 0 aliphatic carbocycles. The summed E-state index contributed by atoms with van der Waals surface area (Å²) < 4.78 is 14.9. The summed E-state index contributed by atoms with van der Waals surface area (Å²) in [6, 6.07) is 14.1. The monoisotopic (exact) mass is 435 g/mol. The summed E-state index contributed by atoms with van der Waals surface area (Å²) in [7, 11) is 3.65. The summed E-state index contributed by atoms with van der Waals surface area (Å²) in [6.45, 7) is 3.60. The predicted molar refractivity (Wildman–Crippen MR) is 125 cm³/mol. The van der Waals surface area contributed by atoms with E-state index < -0.39 is 0 Å². The van der Waals surface area contributed by atoms with E-state index in [4.69, 9.17) is 0 Å². The van der Waals surface area contributed by atoms with Crippen molar-refractivity contribution in [1.82, 2.24) is 14.4 Å². The summed E-state index contributed by atoms with van der Waals surface area (Å²) in [5.41, 5.74) is 2.00. The molecule has 2 aromatic carbocycles. The van der Waals surface area contributed by atoms with Crippen molar-refractivity contribution in [3.8, 4) is 0 Å². The van der Waals surface area contributed by atoms with Crippen molar-refractivity contribution < 1.29 is 9.18 Å². The average Bonchev–Trinajstić information content (AvgIpc) is 2.81. The third-order valence-corrected chi connectivity index (χ3v) is 6.54. The Bertz CT molecular complexity index is 1150. The van der Waals surface area contributed by atoms with Gasteiger partial charge >= 0.3 is 0 Å². The number of carbonyl (C=O) groups is 1. The molecule has 0 bridgehead atoms. The number of hydrogen-bond donors (Lipinski definition) is 0. The minimum Gasteiger partial charge on any atom is -0.350 e. The molecule has 0 saturated carbocycles. The molecule has 0 radical (unpaired) electrons. The van der Waals surface area contributed by atoms with Crippen LogP contribution in [0.4, 0.5) is 4.39 Å². The number of hydrogen-bond acceptors (Lipinski definition) is 3. The number of amides is 1. The van der Waals surface area contributed by atoms with Crippen LogP contribution in [0.15, 0.2) is 59.5 Å². The first-order valence-corrected chi connectivity index (χ1v) is 11.2. The van der Waals surface area contributed by atoms with Crippen molar-refractivity contribution in [3.05, 3.63) is 81.9 Å². The molecule has 0 unspecified atom stereocenters. The number of para-hydroxylation sites is 1. The van der Waals surface area contributed by atoms with Crippen LogP contribution >= 0.6 is 0 Å². The van der Waals surface area contributed by atoms with Crippen molar-refractivity contribution in [2.45, 2.75) is 19.3 Å². The van der Waals surface area contributed by atoms with Crippen LogP contribution in [0, 0.1) is 11.7 Å². The number of pyridine rings is 1. The fourth-order valence-electron chi connectivity index (χ4n) is 4.60. The van der Waals surface area contributed by atoms with Gasteiger partial charge in [-0.2, -0.15) is 0 Å². The Morgan fingerprint density at radius 3 is 2.50 bits per heavy atom. The zero-order chi connectivity index (χ0) is 22.7. The summed E-state index contributed by atoms with van der Waals surface area (Å²) in [4.78, 5) is 30.1. The minimum absolute atomic E-state index is 0.199. The highest BCUT2D eigenvalue weighted by molar-refractivity contribution is 5.97. The first kappa shape index (κ1) is 22.2. The van der Waals surface area contributed by atoms with E-state index in [-0.39, 0.29) is 22.7 Å². The van der Waals surface area contributed by atoms with E-state index in [1.165, 1.54) is 12.1 Å². The summed E-state index contributed by atoms with van der Waals surface area (Å²) in [5, 5.41) is 0.573. The van der Waals surface area contributed by atoms with E-state index in [9.17, 15) is 14.0 Å². The first-order chi connectivity index (χ1) is 15.4. The Hall–Kier alpha value is -2.99. The summed E-state index contributed by atoms with van der Waals surface area (Å²) >= 11 is 0. The molecule has 1 aromatic heterocycles. The maximum absolute atomic E-state index is 13.1. The van der Waals surface area contributed by atoms with Gasteiger partial charge in [0.05, 0.1) is 5.52 Å². The topological polar surface area (TPSA) is 45.5 Å². The number of aryl methyl sites for hydroxylation is 1. The van der Waals surface area contributed by atoms with Crippen LogP contribution in [0.2, 0.25) is 0 Å². The molecule has 168 valence electrons. The quantitative estimate of drug-likeness (QED) is 0.593. The van der Waals surface area contributed by atoms with Gasteiger partial charge in [-0.25, -0.2) is 4.39 Å². The molecule has 1 fully saturated rings. The lowest BCUT2D eigenvalue weighted by molar-refractivity contribution is 0.0738. The van der Waals surface area contributed by atoms with Gasteiger partial charge in [0.2, 0.25) is 5.43 Å². The second kappa shape index (κ2) is 9.65. The van der Waals surface area contributed by atoms with Crippen LogP contribution in [0.5, 0.6) is 0 Å². The van der Waals surface area contributed by atoms with Crippen molar-refractivity contribution in [2.24, 2.45) is 13.0 Å². The molecule has 32 heavy (non-hydrogen) atoms. The number of benzene rings is 2. The van der Waals surface area contributed by atoms with Crippen molar-refractivity contribution in [3.63, 3.8) is 0 Å². The van der Waals surface area contributed by atoms with E-state index >= 15 is 0 Å². The lowest BCUT2D eigenvalue weighted by atomic mass is 9.95. The summed E-state index contributed by atoms with van der Waals surface area (Å²) in [5.74, 6) is 0.0141. The maximum atomic E-state index is 13.1. The Morgan fingerprint density at radius 1 is 1.09 bits per heavy atom. The van der Waals surface area contributed by atoms with Crippen LogP contribution in [0.25, 0.3) is 10.9 Å². The molecular weight excluding hydrogens is 405 g/mol. The minimum atomic E-state index is -0.213. The second-order valence-corrected chi connectivity index (χ2v) is 8.85. The summed E-state index contributed by atoms with van der Waals surface area (Å²) in [6.07, 6.45) is 4.61. The van der Waals surface area contributed by atoms with Crippen LogP contribution in [-0.2, 0) is 13.5 Å². The molecule has 1 aliphatic heterocycles. The van der Waals surface area contributed by atoms with Crippen molar-refractivity contribution in [2.75, 3.05) is 33.2 Å². The molecule has 6 heteroatoms. The fraction of sp³-hybridized carbons (Fsp3) is 0.385. The molecule has 5 nitrogen and oxygen atoms in total. The van der Waals surface area contributed by atoms with E-state index in [1.54, 1.807) is 24.2 Å². The van der Waals surface area contributed by atoms with E-state index in [2.05, 4.69) is 4.90 Å². The van der Waals surface area contributed by atoms with Crippen LogP contribution in [0.1, 0.15) is 28.8 Å². The molecule has 4 rings (SSSR count). The highest BCUT2D eigenvalue weighted by atomic mass is 19.1. The molecule has 3 aromatic rings. The molecule has 2 heterocycles. The Morgan fingerprint density at radius 2 is 1.78 bits per heavy atom. The number of fused-ring (bicyclic) bond motifs is 1. The van der Waals surface area contributed by atoms with E-state index in [0.717, 1.165) is 50.0 Å².